The molecule has 1 amide bonds. The van der Waals surface area contributed by atoms with Crippen molar-refractivity contribution in [3.8, 4) is 0 Å². The Morgan fingerprint density at radius 3 is 2.69 bits per heavy atom. The molecule has 3 aromatic heterocycles. The van der Waals surface area contributed by atoms with E-state index in [1.54, 1.807) is 33.1 Å². The number of H-pyrrole nitrogens is 1. The van der Waals surface area contributed by atoms with Crippen LogP contribution in [-0.2, 0) is 22.5 Å². The van der Waals surface area contributed by atoms with Gasteiger partial charge in [-0.15, -0.1) is 10.2 Å². The summed E-state index contributed by atoms with van der Waals surface area (Å²) in [5, 5.41) is 8.39. The van der Waals surface area contributed by atoms with Crippen LogP contribution in [0.15, 0.2) is 28.0 Å². The number of methoxy groups -OCH3 is 1. The van der Waals surface area contributed by atoms with Crippen LogP contribution in [0.1, 0.15) is 57.0 Å². The van der Waals surface area contributed by atoms with Crippen molar-refractivity contribution in [2.24, 2.45) is 5.73 Å². The number of primary amides is 1. The van der Waals surface area contributed by atoms with Crippen molar-refractivity contribution in [3.05, 3.63) is 52.5 Å². The molecule has 0 radical (unpaired) electrons. The molecule has 0 saturated heterocycles. The lowest BCUT2D eigenvalue weighted by molar-refractivity contribution is -0.118. The third-order valence-corrected chi connectivity index (χ3v) is 6.09. The Kier molecular flexibility index (Phi) is 7.18. The number of esters is 1. The Balaban J connectivity index is 1.85. The van der Waals surface area contributed by atoms with Crippen LogP contribution in [0.3, 0.4) is 0 Å². The van der Waals surface area contributed by atoms with Gasteiger partial charge in [-0.3, -0.25) is 14.2 Å². The predicted octanol–water partition coefficient (Wildman–Crippen LogP) is 2.43. The van der Waals surface area contributed by atoms with Crippen molar-refractivity contribution in [1.29, 1.82) is 0 Å². The van der Waals surface area contributed by atoms with Crippen LogP contribution in [0, 0.1) is 13.8 Å². The number of nitrogens with two attached hydrogens (primary N) is 1. The number of aryl methyl sites for hydroxylation is 2. The first kappa shape index (κ1) is 23.3. The molecule has 1 atom stereocenters. The molecule has 0 fully saturated rings. The highest BCUT2D eigenvalue weighted by molar-refractivity contribution is 8.00. The van der Waals surface area contributed by atoms with E-state index in [1.165, 1.54) is 18.9 Å². The number of ether oxygens (including phenoxy) is 1. The second kappa shape index (κ2) is 9.86. The van der Waals surface area contributed by atoms with Gasteiger partial charge >= 0.3 is 5.97 Å². The molecule has 3 heterocycles. The second-order valence-electron chi connectivity index (χ2n) is 7.27. The first-order chi connectivity index (χ1) is 15.2. The summed E-state index contributed by atoms with van der Waals surface area (Å²) in [5.74, 6) is 0.144. The van der Waals surface area contributed by atoms with E-state index in [2.05, 4.69) is 15.2 Å². The van der Waals surface area contributed by atoms with Gasteiger partial charge in [0.25, 0.3) is 0 Å². The maximum Gasteiger partial charge on any atom is 0.339 e. The number of Topliss-reactive ketones (excluding diaryl/α,β-unsaturated/α-hetero) is 1. The maximum absolute atomic E-state index is 13.2. The van der Waals surface area contributed by atoms with Crippen LogP contribution >= 0.6 is 11.8 Å². The predicted molar refractivity (Wildman–Crippen MR) is 117 cm³/mol. The summed E-state index contributed by atoms with van der Waals surface area (Å²) >= 11 is 1.23. The largest absolute Gasteiger partial charge is 0.467 e. The van der Waals surface area contributed by atoms with Crippen LogP contribution < -0.4 is 5.73 Å². The number of aromatic amines is 1. The summed E-state index contributed by atoms with van der Waals surface area (Å²) in [6, 6.07) is 3.59. The molecule has 0 aliphatic heterocycles. The fourth-order valence-electron chi connectivity index (χ4n) is 3.36. The molecular formula is C21H25N5O5S. The molecule has 3 N–H and O–H groups in total. The molecule has 0 spiro atoms. The van der Waals surface area contributed by atoms with Gasteiger partial charge in [0.15, 0.2) is 10.9 Å². The minimum absolute atomic E-state index is 0.132. The molecule has 0 aliphatic rings. The van der Waals surface area contributed by atoms with E-state index < -0.39 is 17.1 Å². The van der Waals surface area contributed by atoms with E-state index >= 15 is 0 Å². The molecule has 0 saturated carbocycles. The number of rotatable bonds is 10. The number of ketones is 1. The van der Waals surface area contributed by atoms with Gasteiger partial charge in [0.1, 0.15) is 11.6 Å². The van der Waals surface area contributed by atoms with Crippen molar-refractivity contribution >= 4 is 29.4 Å². The number of amides is 1. The normalized spacial score (nSPS) is 12.0. The first-order valence-electron chi connectivity index (χ1n) is 9.94. The lowest BCUT2D eigenvalue weighted by atomic mass is 10.1. The van der Waals surface area contributed by atoms with Gasteiger partial charge in [-0.05, 0) is 38.5 Å². The number of carbonyl (C=O) groups is 3. The third kappa shape index (κ3) is 4.93. The van der Waals surface area contributed by atoms with Crippen molar-refractivity contribution in [1.82, 2.24) is 19.7 Å². The highest BCUT2D eigenvalue weighted by Crippen LogP contribution is 2.28. The standard InChI is InChI=1S/C21H25N5O5S/c1-11-17(20(29)30-4)12(2)23-18(11)19(28)13(3)32-21-25-24-16(8-7-15(22)27)26(21)10-14-6-5-9-31-14/h5-6,9,13,23H,7-8,10H2,1-4H3,(H2,22,27). The molecule has 0 aliphatic carbocycles. The van der Waals surface area contributed by atoms with Crippen molar-refractivity contribution in [3.63, 3.8) is 0 Å². The molecule has 170 valence electrons. The molecule has 32 heavy (non-hydrogen) atoms. The molecule has 11 heteroatoms. The van der Waals surface area contributed by atoms with Gasteiger partial charge in [-0.2, -0.15) is 0 Å². The van der Waals surface area contributed by atoms with E-state index in [-0.39, 0.29) is 12.2 Å². The molecule has 3 rings (SSSR count). The minimum Gasteiger partial charge on any atom is -0.467 e. The maximum atomic E-state index is 13.2. The van der Waals surface area contributed by atoms with Gasteiger partial charge < -0.3 is 19.9 Å². The zero-order valence-electron chi connectivity index (χ0n) is 18.3. The van der Waals surface area contributed by atoms with Gasteiger partial charge in [0.05, 0.1) is 36.4 Å². The fraction of sp³-hybridized carbons (Fsp3) is 0.381. The van der Waals surface area contributed by atoms with Gasteiger partial charge in [-0.1, -0.05) is 11.8 Å². The Hall–Kier alpha value is -3.34. The third-order valence-electron chi connectivity index (χ3n) is 5.01. The van der Waals surface area contributed by atoms with E-state index in [4.69, 9.17) is 14.9 Å². The van der Waals surface area contributed by atoms with Gasteiger partial charge in [-0.25, -0.2) is 4.79 Å². The molecule has 10 nitrogen and oxygen atoms in total. The number of hydrogen-bond donors (Lipinski definition) is 2. The smallest absolute Gasteiger partial charge is 0.339 e. The quantitative estimate of drug-likeness (QED) is 0.267. The number of aromatic nitrogens is 4. The zero-order chi connectivity index (χ0) is 23.4. The number of furan rings is 1. The summed E-state index contributed by atoms with van der Waals surface area (Å²) in [4.78, 5) is 39.4. The average Bonchev–Trinajstić information content (AvgIpc) is 3.46. The van der Waals surface area contributed by atoms with Crippen molar-refractivity contribution in [2.45, 2.75) is 50.6 Å². The number of nitrogens with one attached hydrogen (secondary N) is 1. The van der Waals surface area contributed by atoms with Crippen LogP contribution in [-0.4, -0.2) is 49.8 Å². The highest BCUT2D eigenvalue weighted by Gasteiger charge is 2.27. The van der Waals surface area contributed by atoms with E-state index in [0.29, 0.717) is 52.2 Å². The van der Waals surface area contributed by atoms with E-state index in [0.717, 1.165) is 0 Å². The summed E-state index contributed by atoms with van der Waals surface area (Å²) in [6.07, 6.45) is 2.02. The van der Waals surface area contributed by atoms with E-state index in [9.17, 15) is 14.4 Å². The van der Waals surface area contributed by atoms with Crippen LogP contribution in [0.4, 0.5) is 0 Å². The summed E-state index contributed by atoms with van der Waals surface area (Å²) < 4.78 is 12.1. The average molecular weight is 460 g/mol. The van der Waals surface area contributed by atoms with Crippen molar-refractivity contribution < 1.29 is 23.5 Å². The Bertz CT molecular complexity index is 1130. The number of hydrogen-bond acceptors (Lipinski definition) is 8. The monoisotopic (exact) mass is 459 g/mol. The molecule has 0 aromatic carbocycles. The fourth-order valence-corrected chi connectivity index (χ4v) is 4.29. The van der Waals surface area contributed by atoms with Gasteiger partial charge in [0.2, 0.25) is 5.91 Å². The SMILES string of the molecule is COC(=O)c1c(C)[nH]c(C(=O)C(C)Sc2nnc(CCC(N)=O)n2Cc2ccco2)c1C. The van der Waals surface area contributed by atoms with Gasteiger partial charge in [0, 0.05) is 18.5 Å². The van der Waals surface area contributed by atoms with Crippen molar-refractivity contribution in [2.75, 3.05) is 7.11 Å². The minimum atomic E-state index is -0.527. The number of thioether (sulfide) groups is 1. The summed E-state index contributed by atoms with van der Waals surface area (Å²) in [7, 11) is 1.30. The lowest BCUT2D eigenvalue weighted by Crippen LogP contribution is -2.17. The summed E-state index contributed by atoms with van der Waals surface area (Å²) in [6.45, 7) is 5.54. The zero-order valence-corrected chi connectivity index (χ0v) is 19.1. The lowest BCUT2D eigenvalue weighted by Gasteiger charge is -2.12. The molecule has 1 unspecified atom stereocenters. The molecule has 3 aromatic rings. The van der Waals surface area contributed by atoms with E-state index in [1.807, 2.05) is 10.6 Å². The molecule has 0 bridgehead atoms. The van der Waals surface area contributed by atoms with Crippen LogP contribution in [0.2, 0.25) is 0 Å². The Morgan fingerprint density at radius 1 is 1.31 bits per heavy atom. The Morgan fingerprint density at radius 2 is 2.06 bits per heavy atom. The first-order valence-corrected chi connectivity index (χ1v) is 10.8. The molecular weight excluding hydrogens is 434 g/mol. The van der Waals surface area contributed by atoms with Crippen LogP contribution in [0.5, 0.6) is 0 Å². The second-order valence-corrected chi connectivity index (χ2v) is 8.58. The number of carbonyl (C=O) groups excluding carboxylic acids is 3. The topological polar surface area (TPSA) is 146 Å². The summed E-state index contributed by atoms with van der Waals surface area (Å²) in [5.41, 5.74) is 7.12. The van der Waals surface area contributed by atoms with Crippen LogP contribution in [0.25, 0.3) is 0 Å². The highest BCUT2D eigenvalue weighted by atomic mass is 32.2. The number of nitrogens with zero attached hydrogens (tertiary/aromatic N) is 3. The Labute approximate surface area is 188 Å².